The van der Waals surface area contributed by atoms with Gasteiger partial charge < -0.3 is 15.2 Å². The first-order valence-electron chi connectivity index (χ1n) is 4.19. The normalized spacial score (nSPS) is 28.1. The Balaban J connectivity index is 2.39. The maximum Gasteiger partial charge on any atom is 0.322 e. The Morgan fingerprint density at radius 1 is 1.46 bits per heavy atom. The lowest BCUT2D eigenvalue weighted by Crippen LogP contribution is -2.46. The fourth-order valence-electron chi connectivity index (χ4n) is 1.41. The van der Waals surface area contributed by atoms with Crippen molar-refractivity contribution < 1.29 is 19.4 Å². The van der Waals surface area contributed by atoms with Crippen molar-refractivity contribution >= 4 is 11.9 Å². The second-order valence-corrected chi connectivity index (χ2v) is 3.10. The molecule has 0 aliphatic carbocycles. The fraction of sp³-hybridized carbons (Fsp3) is 0.750. The van der Waals surface area contributed by atoms with Crippen LogP contribution in [0.3, 0.4) is 0 Å². The van der Waals surface area contributed by atoms with Crippen molar-refractivity contribution in [3.8, 4) is 0 Å². The first-order valence-corrected chi connectivity index (χ1v) is 4.19. The van der Waals surface area contributed by atoms with Gasteiger partial charge in [-0.3, -0.25) is 9.59 Å². The van der Waals surface area contributed by atoms with E-state index < -0.39 is 5.97 Å². The van der Waals surface area contributed by atoms with Gasteiger partial charge in [0.1, 0.15) is 6.04 Å². The predicted octanol–water partition coefficient (Wildman–Crippen LogP) is -0.388. The predicted molar refractivity (Wildman–Crippen MR) is 44.2 cm³/mol. The molecule has 1 rings (SSSR count). The van der Waals surface area contributed by atoms with Crippen LogP contribution in [0.15, 0.2) is 0 Å². The summed E-state index contributed by atoms with van der Waals surface area (Å²) in [6.07, 6.45) is 1.06. The van der Waals surface area contributed by atoms with Gasteiger partial charge in [0.2, 0.25) is 0 Å². The highest BCUT2D eigenvalue weighted by atomic mass is 16.5. The van der Waals surface area contributed by atoms with Crippen LogP contribution in [0.25, 0.3) is 0 Å². The Morgan fingerprint density at radius 2 is 2.15 bits per heavy atom. The summed E-state index contributed by atoms with van der Waals surface area (Å²) >= 11 is 0. The smallest absolute Gasteiger partial charge is 0.322 e. The van der Waals surface area contributed by atoms with Crippen LogP contribution in [0.2, 0.25) is 0 Å². The monoisotopic (exact) mass is 187 g/mol. The molecule has 1 saturated heterocycles. The van der Waals surface area contributed by atoms with Gasteiger partial charge in [0, 0.05) is 6.54 Å². The van der Waals surface area contributed by atoms with Crippen LogP contribution in [0.4, 0.5) is 0 Å². The Hall–Kier alpha value is -1.10. The van der Waals surface area contributed by atoms with Gasteiger partial charge in [-0.25, -0.2) is 0 Å². The van der Waals surface area contributed by atoms with E-state index in [9.17, 15) is 9.59 Å². The van der Waals surface area contributed by atoms with Crippen LogP contribution in [0.1, 0.15) is 12.8 Å². The van der Waals surface area contributed by atoms with E-state index in [-0.39, 0.29) is 17.9 Å². The molecule has 0 bridgehead atoms. The van der Waals surface area contributed by atoms with E-state index in [1.807, 2.05) is 0 Å². The maximum atomic E-state index is 11.0. The molecule has 0 spiro atoms. The molecule has 0 aromatic rings. The van der Waals surface area contributed by atoms with Gasteiger partial charge in [-0.15, -0.1) is 0 Å². The molecule has 2 atom stereocenters. The summed E-state index contributed by atoms with van der Waals surface area (Å²) in [6, 6.07) is -0.333. The van der Waals surface area contributed by atoms with Crippen LogP contribution in [-0.4, -0.2) is 36.7 Å². The zero-order chi connectivity index (χ0) is 9.84. The molecule has 74 valence electrons. The molecule has 2 N–H and O–H groups in total. The van der Waals surface area contributed by atoms with Crippen LogP contribution in [0.5, 0.6) is 0 Å². The number of hydrogen-bond acceptors (Lipinski definition) is 4. The highest BCUT2D eigenvalue weighted by molar-refractivity contribution is 5.76. The Labute approximate surface area is 76.1 Å². The van der Waals surface area contributed by atoms with Crippen molar-refractivity contribution in [2.24, 2.45) is 5.92 Å². The number of esters is 1. The minimum Gasteiger partial charge on any atom is -0.481 e. The zero-order valence-corrected chi connectivity index (χ0v) is 7.45. The van der Waals surface area contributed by atoms with Crippen molar-refractivity contribution in [1.82, 2.24) is 5.32 Å². The number of rotatable bonds is 2. The minimum atomic E-state index is -0.809. The molecule has 0 amide bonds. The summed E-state index contributed by atoms with van der Waals surface area (Å²) in [6.45, 7) is 0.342. The van der Waals surface area contributed by atoms with Gasteiger partial charge in [-0.1, -0.05) is 0 Å². The third-order valence-electron chi connectivity index (χ3n) is 2.25. The lowest BCUT2D eigenvalue weighted by atomic mass is 9.95. The quantitative estimate of drug-likeness (QED) is 0.576. The lowest BCUT2D eigenvalue weighted by molar-refractivity contribution is -0.147. The number of carbonyl (C=O) groups excluding carboxylic acids is 1. The standard InChI is InChI=1S/C8H13NO4/c1-13-8(12)6-3-2-5(4-9-6)7(10)11/h5-6,9H,2-4H2,1H3,(H,10,11). The van der Waals surface area contributed by atoms with Crippen molar-refractivity contribution in [3.63, 3.8) is 0 Å². The number of hydrogen-bond donors (Lipinski definition) is 2. The SMILES string of the molecule is COC(=O)C1CCC(C(=O)O)CN1. The summed E-state index contributed by atoms with van der Waals surface area (Å²) in [4.78, 5) is 21.6. The average molecular weight is 187 g/mol. The number of aliphatic carboxylic acids is 1. The Kier molecular flexibility index (Phi) is 3.25. The molecule has 0 saturated carbocycles. The highest BCUT2D eigenvalue weighted by Gasteiger charge is 2.29. The summed E-state index contributed by atoms with van der Waals surface area (Å²) in [5.74, 6) is -1.50. The van der Waals surface area contributed by atoms with Gasteiger partial charge in [0.15, 0.2) is 0 Å². The van der Waals surface area contributed by atoms with Crippen molar-refractivity contribution in [1.29, 1.82) is 0 Å². The molecular formula is C8H13NO4. The lowest BCUT2D eigenvalue weighted by Gasteiger charge is -2.25. The highest BCUT2D eigenvalue weighted by Crippen LogP contribution is 2.14. The molecule has 1 fully saturated rings. The van der Waals surface area contributed by atoms with Crippen molar-refractivity contribution in [2.45, 2.75) is 18.9 Å². The van der Waals surface area contributed by atoms with Crippen molar-refractivity contribution in [3.05, 3.63) is 0 Å². The largest absolute Gasteiger partial charge is 0.481 e. The topological polar surface area (TPSA) is 75.6 Å². The van der Waals surface area contributed by atoms with E-state index >= 15 is 0 Å². The number of nitrogens with one attached hydrogen (secondary N) is 1. The molecule has 0 aromatic heterocycles. The second kappa shape index (κ2) is 4.23. The molecule has 2 unspecified atom stereocenters. The number of piperidine rings is 1. The summed E-state index contributed by atoms with van der Waals surface area (Å²) in [5, 5.41) is 11.5. The number of carboxylic acids is 1. The molecule has 5 nitrogen and oxygen atoms in total. The number of ether oxygens (including phenoxy) is 1. The van der Waals surface area contributed by atoms with E-state index in [0.29, 0.717) is 19.4 Å². The Bertz CT molecular complexity index is 208. The van der Waals surface area contributed by atoms with E-state index in [2.05, 4.69) is 10.1 Å². The first kappa shape index (κ1) is 9.98. The number of methoxy groups -OCH3 is 1. The number of carboxylic acid groups (broad SMARTS) is 1. The van der Waals surface area contributed by atoms with E-state index in [1.54, 1.807) is 0 Å². The van der Waals surface area contributed by atoms with E-state index in [1.165, 1.54) is 7.11 Å². The van der Waals surface area contributed by atoms with Crippen molar-refractivity contribution in [2.75, 3.05) is 13.7 Å². The van der Waals surface area contributed by atoms with Crippen LogP contribution in [-0.2, 0) is 14.3 Å². The van der Waals surface area contributed by atoms with E-state index in [0.717, 1.165) is 0 Å². The molecule has 1 aliphatic rings. The van der Waals surface area contributed by atoms with E-state index in [4.69, 9.17) is 5.11 Å². The van der Waals surface area contributed by atoms with Gasteiger partial charge in [-0.2, -0.15) is 0 Å². The minimum absolute atomic E-state index is 0.316. The third kappa shape index (κ3) is 2.42. The fourth-order valence-corrected chi connectivity index (χ4v) is 1.41. The number of carbonyl (C=O) groups is 2. The third-order valence-corrected chi connectivity index (χ3v) is 2.25. The van der Waals surface area contributed by atoms with Gasteiger partial charge in [-0.05, 0) is 12.8 Å². The van der Waals surface area contributed by atoms with Crippen LogP contribution >= 0.6 is 0 Å². The molecule has 5 heteroatoms. The Morgan fingerprint density at radius 3 is 2.54 bits per heavy atom. The van der Waals surface area contributed by atoms with Crippen LogP contribution in [0, 0.1) is 5.92 Å². The maximum absolute atomic E-state index is 11.0. The summed E-state index contributed by atoms with van der Waals surface area (Å²) in [5.41, 5.74) is 0. The molecule has 13 heavy (non-hydrogen) atoms. The van der Waals surface area contributed by atoms with Gasteiger partial charge >= 0.3 is 11.9 Å². The summed E-state index contributed by atoms with van der Waals surface area (Å²) < 4.78 is 4.54. The molecule has 1 aliphatic heterocycles. The zero-order valence-electron chi connectivity index (χ0n) is 7.45. The van der Waals surface area contributed by atoms with Gasteiger partial charge in [0.25, 0.3) is 0 Å². The van der Waals surface area contributed by atoms with Crippen LogP contribution < -0.4 is 5.32 Å². The first-order chi connectivity index (χ1) is 6.15. The molecule has 0 aromatic carbocycles. The van der Waals surface area contributed by atoms with Gasteiger partial charge in [0.05, 0.1) is 13.0 Å². The molecule has 1 heterocycles. The summed E-state index contributed by atoms with van der Waals surface area (Å²) in [7, 11) is 1.33. The molecular weight excluding hydrogens is 174 g/mol. The average Bonchev–Trinajstić information content (AvgIpc) is 2.17. The molecule has 0 radical (unpaired) electrons. The second-order valence-electron chi connectivity index (χ2n) is 3.10.